The molecule has 2 aliphatic carbocycles. The highest BCUT2D eigenvalue weighted by Gasteiger charge is 2.51. The quantitative estimate of drug-likeness (QED) is 0.155. The molecule has 51 heavy (non-hydrogen) atoms. The molecule has 0 bridgehead atoms. The first-order chi connectivity index (χ1) is 25.2. The van der Waals surface area contributed by atoms with Gasteiger partial charge in [-0.05, 0) is 86.8 Å². The lowest BCUT2D eigenvalue weighted by atomic mass is 9.70. The second-order valence-electron chi connectivity index (χ2n) is 13.3. The van der Waals surface area contributed by atoms with E-state index in [9.17, 15) is 0 Å². The van der Waals surface area contributed by atoms with Gasteiger partial charge in [0, 0.05) is 16.8 Å². The molecule has 0 amide bonds. The van der Waals surface area contributed by atoms with E-state index >= 15 is 0 Å². The van der Waals surface area contributed by atoms with Gasteiger partial charge in [0.25, 0.3) is 0 Å². The summed E-state index contributed by atoms with van der Waals surface area (Å²) in [6.45, 7) is 6.42. The summed E-state index contributed by atoms with van der Waals surface area (Å²) in [4.78, 5) is 2.48. The van der Waals surface area contributed by atoms with E-state index in [2.05, 4.69) is 206 Å². The van der Waals surface area contributed by atoms with Crippen LogP contribution < -0.4 is 4.90 Å². The molecule has 0 radical (unpaired) electrons. The Morgan fingerprint density at radius 3 is 1.71 bits per heavy atom. The molecule has 0 aromatic heterocycles. The van der Waals surface area contributed by atoms with Crippen molar-refractivity contribution >= 4 is 22.6 Å². The van der Waals surface area contributed by atoms with Gasteiger partial charge in [-0.1, -0.05) is 176 Å². The molecule has 1 heteroatoms. The number of fused-ring (bicyclic) bond motifs is 7. The molecule has 0 saturated heterocycles. The third-order valence-corrected chi connectivity index (χ3v) is 10.7. The molecule has 9 rings (SSSR count). The molecular formula is C50H37N. The fourth-order valence-electron chi connectivity index (χ4n) is 8.61. The zero-order chi connectivity index (χ0) is 34.4. The standard InChI is InChI=1S/C50H37N/c1-3-4-25-40-35(2)50(44-29-14-11-27-42(44)43-28-12-15-30-45(43)50)46-31-18-33-48(49(40)46)51(39-24-17-23-38(34-39)36-19-7-5-8-20-36)47-32-16-13-26-41(47)37-21-9-6-10-22-37/h3-34H,1H2,2H3/b25-4-. The summed E-state index contributed by atoms with van der Waals surface area (Å²) < 4.78 is 0. The molecule has 2 aliphatic rings. The number of hydrogen-bond donors (Lipinski definition) is 0. The van der Waals surface area contributed by atoms with E-state index in [1.54, 1.807) is 0 Å². The Hall–Kier alpha value is -6.44. The van der Waals surface area contributed by atoms with Crippen molar-refractivity contribution in [2.24, 2.45) is 0 Å². The van der Waals surface area contributed by atoms with Gasteiger partial charge in [0.2, 0.25) is 0 Å². The van der Waals surface area contributed by atoms with Gasteiger partial charge in [-0.3, -0.25) is 0 Å². The summed E-state index contributed by atoms with van der Waals surface area (Å²) in [6, 6.07) is 64.0. The number of allylic oxidation sites excluding steroid dienone is 5. The van der Waals surface area contributed by atoms with E-state index in [0.29, 0.717) is 0 Å². The van der Waals surface area contributed by atoms with Gasteiger partial charge < -0.3 is 4.90 Å². The summed E-state index contributed by atoms with van der Waals surface area (Å²) in [7, 11) is 0. The predicted molar refractivity (Wildman–Crippen MR) is 216 cm³/mol. The van der Waals surface area contributed by atoms with E-state index in [-0.39, 0.29) is 0 Å². The highest BCUT2D eigenvalue weighted by Crippen LogP contribution is 2.63. The van der Waals surface area contributed by atoms with Gasteiger partial charge in [0.05, 0.1) is 16.8 Å². The average molecular weight is 652 g/mol. The Morgan fingerprint density at radius 1 is 0.490 bits per heavy atom. The van der Waals surface area contributed by atoms with Crippen LogP contribution in [-0.2, 0) is 5.41 Å². The second-order valence-corrected chi connectivity index (χ2v) is 13.3. The minimum atomic E-state index is -0.421. The van der Waals surface area contributed by atoms with Gasteiger partial charge in [0.15, 0.2) is 0 Å². The van der Waals surface area contributed by atoms with Crippen LogP contribution in [0.1, 0.15) is 29.2 Å². The monoisotopic (exact) mass is 651 g/mol. The van der Waals surface area contributed by atoms with E-state index in [4.69, 9.17) is 0 Å². The molecule has 0 aliphatic heterocycles. The van der Waals surface area contributed by atoms with Crippen molar-refractivity contribution in [3.63, 3.8) is 0 Å². The fraction of sp³-hybridized carbons (Fsp3) is 0.0400. The van der Waals surface area contributed by atoms with Crippen molar-refractivity contribution in [3.8, 4) is 33.4 Å². The van der Waals surface area contributed by atoms with Crippen LogP contribution in [0.2, 0.25) is 0 Å². The van der Waals surface area contributed by atoms with E-state index in [1.807, 2.05) is 6.08 Å². The van der Waals surface area contributed by atoms with Crippen molar-refractivity contribution < 1.29 is 0 Å². The van der Waals surface area contributed by atoms with Gasteiger partial charge >= 0.3 is 0 Å². The van der Waals surface area contributed by atoms with Crippen LogP contribution in [0.4, 0.5) is 17.1 Å². The second kappa shape index (κ2) is 12.5. The summed E-state index contributed by atoms with van der Waals surface area (Å²) in [6.07, 6.45) is 6.24. The molecule has 1 spiro atoms. The number of nitrogens with zero attached hydrogens (tertiary/aromatic N) is 1. The number of anilines is 3. The Bertz CT molecular complexity index is 2450. The van der Waals surface area contributed by atoms with Crippen molar-refractivity contribution in [2.45, 2.75) is 12.3 Å². The lowest BCUT2D eigenvalue weighted by Crippen LogP contribution is -2.26. The highest BCUT2D eigenvalue weighted by molar-refractivity contribution is 6.02. The first-order valence-corrected chi connectivity index (χ1v) is 17.7. The fourth-order valence-corrected chi connectivity index (χ4v) is 8.61. The van der Waals surface area contributed by atoms with E-state index < -0.39 is 5.41 Å². The molecule has 7 aromatic rings. The molecule has 0 atom stereocenters. The first-order valence-electron chi connectivity index (χ1n) is 17.7. The number of para-hydroxylation sites is 1. The zero-order valence-electron chi connectivity index (χ0n) is 28.6. The first kappa shape index (κ1) is 30.6. The van der Waals surface area contributed by atoms with Crippen molar-refractivity contribution in [1.29, 1.82) is 0 Å². The van der Waals surface area contributed by atoms with Crippen LogP contribution in [0.5, 0.6) is 0 Å². The summed E-state index contributed by atoms with van der Waals surface area (Å²) >= 11 is 0. The maximum absolute atomic E-state index is 4.08. The van der Waals surface area contributed by atoms with E-state index in [0.717, 1.165) is 17.1 Å². The van der Waals surface area contributed by atoms with Crippen LogP contribution in [0, 0.1) is 0 Å². The zero-order valence-corrected chi connectivity index (χ0v) is 28.6. The van der Waals surface area contributed by atoms with Gasteiger partial charge in [-0.25, -0.2) is 0 Å². The lowest BCUT2D eigenvalue weighted by molar-refractivity contribution is 0.766. The van der Waals surface area contributed by atoms with Crippen LogP contribution in [0.25, 0.3) is 39.0 Å². The SMILES string of the molecule is C=C/C=C\C1=C(C)C2(c3ccccc3-c3ccccc32)c2cccc(N(c3cccc(-c4ccccc4)c3)c3ccccc3-c3ccccc3)c21. The smallest absolute Gasteiger partial charge is 0.0686 e. The van der Waals surface area contributed by atoms with Crippen LogP contribution in [0.15, 0.2) is 206 Å². The minimum absolute atomic E-state index is 0.421. The molecule has 0 N–H and O–H groups in total. The molecule has 7 aromatic carbocycles. The van der Waals surface area contributed by atoms with Crippen molar-refractivity contribution in [3.05, 3.63) is 229 Å². The van der Waals surface area contributed by atoms with Gasteiger partial charge in [0.1, 0.15) is 0 Å². The summed E-state index contributed by atoms with van der Waals surface area (Å²) in [5, 5.41) is 0. The average Bonchev–Trinajstić information content (AvgIpc) is 3.64. The van der Waals surface area contributed by atoms with Crippen LogP contribution >= 0.6 is 0 Å². The normalized spacial score (nSPS) is 13.7. The van der Waals surface area contributed by atoms with Crippen LogP contribution in [-0.4, -0.2) is 0 Å². The van der Waals surface area contributed by atoms with Crippen molar-refractivity contribution in [1.82, 2.24) is 0 Å². The molecule has 0 unspecified atom stereocenters. The molecule has 0 fully saturated rings. The highest BCUT2D eigenvalue weighted by atomic mass is 15.1. The lowest BCUT2D eigenvalue weighted by Gasteiger charge is -2.33. The maximum Gasteiger partial charge on any atom is 0.0686 e. The molecular weight excluding hydrogens is 615 g/mol. The number of benzene rings is 7. The molecule has 1 nitrogen and oxygen atoms in total. The Labute approximate surface area is 300 Å². The third kappa shape index (κ3) is 4.70. The Morgan fingerprint density at radius 2 is 1.02 bits per heavy atom. The number of hydrogen-bond acceptors (Lipinski definition) is 1. The van der Waals surface area contributed by atoms with Gasteiger partial charge in [-0.2, -0.15) is 0 Å². The molecule has 0 heterocycles. The van der Waals surface area contributed by atoms with Gasteiger partial charge in [-0.15, -0.1) is 0 Å². The predicted octanol–water partition coefficient (Wildman–Crippen LogP) is 13.3. The third-order valence-electron chi connectivity index (χ3n) is 10.7. The Balaban J connectivity index is 1.38. The van der Waals surface area contributed by atoms with Crippen LogP contribution in [0.3, 0.4) is 0 Å². The summed E-state index contributed by atoms with van der Waals surface area (Å²) in [5.74, 6) is 0. The van der Waals surface area contributed by atoms with E-state index in [1.165, 1.54) is 66.8 Å². The van der Waals surface area contributed by atoms with Crippen molar-refractivity contribution in [2.75, 3.05) is 4.90 Å². The molecule has 0 saturated carbocycles. The largest absolute Gasteiger partial charge is 0.309 e. The molecule has 242 valence electrons. The maximum atomic E-state index is 4.08. The minimum Gasteiger partial charge on any atom is -0.309 e. The summed E-state index contributed by atoms with van der Waals surface area (Å²) in [5.41, 5.74) is 18.1. The topological polar surface area (TPSA) is 3.24 Å². The Kier molecular flexibility index (Phi) is 7.48. The number of rotatable bonds is 7.